The van der Waals surface area contributed by atoms with Crippen molar-refractivity contribution >= 4 is 16.7 Å². The summed E-state index contributed by atoms with van der Waals surface area (Å²) in [4.78, 5) is 9.28. The molecule has 0 aliphatic carbocycles. The summed E-state index contributed by atoms with van der Waals surface area (Å²) in [6, 6.07) is 14.3. The largest absolute Gasteiger partial charge is 0.369 e. The number of pyridine rings is 1. The molecule has 0 unspecified atom stereocenters. The molecule has 0 saturated carbocycles. The van der Waals surface area contributed by atoms with Crippen LogP contribution in [-0.4, -0.2) is 60.4 Å². The van der Waals surface area contributed by atoms with Crippen molar-refractivity contribution in [3.05, 3.63) is 65.7 Å². The molecule has 2 aromatic heterocycles. The van der Waals surface area contributed by atoms with Crippen molar-refractivity contribution in [3.8, 4) is 22.5 Å². The number of piperazine rings is 1. The average molecular weight is 449 g/mol. The van der Waals surface area contributed by atoms with E-state index in [9.17, 15) is 8.78 Å². The van der Waals surface area contributed by atoms with E-state index >= 15 is 0 Å². The molecule has 0 atom stereocenters. The van der Waals surface area contributed by atoms with Crippen molar-refractivity contribution in [3.63, 3.8) is 0 Å². The van der Waals surface area contributed by atoms with Crippen LogP contribution >= 0.6 is 0 Å². The summed E-state index contributed by atoms with van der Waals surface area (Å²) in [5.74, 6) is -1.26. The molecule has 4 aromatic rings. The van der Waals surface area contributed by atoms with Crippen LogP contribution in [0.15, 0.2) is 48.5 Å². The van der Waals surface area contributed by atoms with Crippen LogP contribution in [0.4, 0.5) is 14.5 Å². The summed E-state index contributed by atoms with van der Waals surface area (Å²) in [6.07, 6.45) is 0. The molecule has 5 rings (SSSR count). The van der Waals surface area contributed by atoms with E-state index in [1.165, 1.54) is 17.8 Å². The first-order valence-corrected chi connectivity index (χ1v) is 11.1. The van der Waals surface area contributed by atoms with Gasteiger partial charge >= 0.3 is 0 Å². The maximum absolute atomic E-state index is 14.8. The number of likely N-dealkylation sites (N-methyl/N-ethyl adjacent to an activating group) is 1. The van der Waals surface area contributed by atoms with Gasteiger partial charge in [-0.25, -0.2) is 13.8 Å². The molecule has 2 aromatic carbocycles. The molecule has 0 radical (unpaired) electrons. The van der Waals surface area contributed by atoms with Crippen LogP contribution in [0, 0.1) is 11.6 Å². The first-order chi connectivity index (χ1) is 16.0. The van der Waals surface area contributed by atoms with E-state index in [2.05, 4.69) is 49.5 Å². The molecule has 170 valence electrons. The number of H-pyrrole nitrogens is 1. The minimum Gasteiger partial charge on any atom is -0.369 e. The normalized spacial score (nSPS) is 14.8. The number of fused-ring (bicyclic) bond motifs is 1. The number of nitrogens with one attached hydrogen (secondary N) is 2. The molecule has 33 heavy (non-hydrogen) atoms. The lowest BCUT2D eigenvalue weighted by Gasteiger charge is -2.34. The van der Waals surface area contributed by atoms with Crippen LogP contribution in [-0.2, 0) is 6.54 Å². The second kappa shape index (κ2) is 8.88. The molecule has 2 N–H and O–H groups in total. The highest BCUT2D eigenvalue weighted by molar-refractivity contribution is 5.91. The van der Waals surface area contributed by atoms with Crippen molar-refractivity contribution in [1.29, 1.82) is 0 Å². The fourth-order valence-electron chi connectivity index (χ4n) is 4.31. The third kappa shape index (κ3) is 4.19. The summed E-state index contributed by atoms with van der Waals surface area (Å²) in [5, 5.41) is 10.3. The topological polar surface area (TPSA) is 60.1 Å². The number of benzene rings is 2. The Morgan fingerprint density at radius 2 is 1.67 bits per heavy atom. The van der Waals surface area contributed by atoms with Crippen molar-refractivity contribution in [2.45, 2.75) is 6.54 Å². The van der Waals surface area contributed by atoms with Gasteiger partial charge in [-0.15, -0.1) is 0 Å². The zero-order valence-corrected chi connectivity index (χ0v) is 18.7. The monoisotopic (exact) mass is 448 g/mol. The molecule has 0 amide bonds. The predicted octanol–water partition coefficient (Wildman–Crippen LogP) is 4.04. The van der Waals surface area contributed by atoms with Crippen molar-refractivity contribution < 1.29 is 8.78 Å². The number of halogens is 2. The highest BCUT2D eigenvalue weighted by atomic mass is 19.1. The van der Waals surface area contributed by atoms with E-state index in [0.717, 1.165) is 31.7 Å². The van der Waals surface area contributed by atoms with E-state index in [4.69, 9.17) is 0 Å². The summed E-state index contributed by atoms with van der Waals surface area (Å²) < 4.78 is 29.6. The molecular formula is C25H26F2N6. The quantitative estimate of drug-likeness (QED) is 0.483. The Morgan fingerprint density at radius 3 is 2.33 bits per heavy atom. The van der Waals surface area contributed by atoms with Gasteiger partial charge < -0.3 is 15.1 Å². The molecule has 1 saturated heterocycles. The molecule has 8 heteroatoms. The van der Waals surface area contributed by atoms with Gasteiger partial charge in [0.25, 0.3) is 0 Å². The second-order valence-corrected chi connectivity index (χ2v) is 8.47. The summed E-state index contributed by atoms with van der Waals surface area (Å²) in [7, 11) is 3.87. The third-order valence-corrected chi connectivity index (χ3v) is 6.16. The number of hydrogen-bond donors (Lipinski definition) is 2. The molecule has 1 aliphatic heterocycles. The third-order valence-electron chi connectivity index (χ3n) is 6.16. The number of anilines is 1. The molecule has 0 bridgehead atoms. The fourth-order valence-corrected chi connectivity index (χ4v) is 4.31. The lowest BCUT2D eigenvalue weighted by molar-refractivity contribution is 0.313. The molecule has 6 nitrogen and oxygen atoms in total. The first-order valence-electron chi connectivity index (χ1n) is 11.1. The van der Waals surface area contributed by atoms with Crippen LogP contribution in [0.25, 0.3) is 33.5 Å². The van der Waals surface area contributed by atoms with Crippen LogP contribution in [0.1, 0.15) is 5.56 Å². The summed E-state index contributed by atoms with van der Waals surface area (Å²) in [5.41, 5.74) is 4.67. The lowest BCUT2D eigenvalue weighted by Crippen LogP contribution is -2.44. The van der Waals surface area contributed by atoms with Crippen molar-refractivity contribution in [1.82, 2.24) is 25.4 Å². The standard InChI is InChI=1S/C25H26F2N6/c1-28-15-16-13-19(26)23(20(27)14-16)21-7-8-22-25(29-21)24(31-30-22)17-3-5-18(6-4-17)33-11-9-32(2)10-12-33/h3-8,13-14,28H,9-12,15H2,1-2H3,(H,30,31). The van der Waals surface area contributed by atoms with E-state index in [-0.39, 0.29) is 11.3 Å². The van der Waals surface area contributed by atoms with Crippen molar-refractivity contribution in [2.24, 2.45) is 0 Å². The fraction of sp³-hybridized carbons (Fsp3) is 0.280. The average Bonchev–Trinajstić information content (AvgIpc) is 3.23. The maximum atomic E-state index is 14.8. The molecule has 1 aliphatic rings. The number of nitrogens with zero attached hydrogens (tertiary/aromatic N) is 4. The summed E-state index contributed by atoms with van der Waals surface area (Å²) in [6.45, 7) is 4.46. The Bertz CT molecular complexity index is 1250. The number of hydrogen-bond acceptors (Lipinski definition) is 5. The van der Waals surface area contributed by atoms with Gasteiger partial charge in [0.05, 0.1) is 16.8 Å². The summed E-state index contributed by atoms with van der Waals surface area (Å²) >= 11 is 0. The smallest absolute Gasteiger partial charge is 0.135 e. The van der Waals surface area contributed by atoms with Gasteiger partial charge in [0.15, 0.2) is 0 Å². The molecule has 1 fully saturated rings. The minimum absolute atomic E-state index is 0.130. The van der Waals surface area contributed by atoms with Crippen molar-refractivity contribution in [2.75, 3.05) is 45.2 Å². The molecule has 0 spiro atoms. The van der Waals surface area contributed by atoms with Crippen LogP contribution in [0.3, 0.4) is 0 Å². The highest BCUT2D eigenvalue weighted by Crippen LogP contribution is 2.31. The van der Waals surface area contributed by atoms with E-state index in [1.54, 1.807) is 19.2 Å². The van der Waals surface area contributed by atoms with Gasteiger partial charge in [-0.2, -0.15) is 5.10 Å². The SMILES string of the molecule is CNCc1cc(F)c(-c2ccc3[nH]nc(-c4ccc(N5CCN(C)CC5)cc4)c3n2)c(F)c1. The molecule has 3 heterocycles. The van der Waals surface area contributed by atoms with Gasteiger partial charge in [-0.1, -0.05) is 12.1 Å². The number of aromatic amines is 1. The molecular weight excluding hydrogens is 422 g/mol. The lowest BCUT2D eigenvalue weighted by atomic mass is 10.1. The van der Waals surface area contributed by atoms with Gasteiger partial charge in [0.2, 0.25) is 0 Å². The number of rotatable bonds is 5. The first kappa shape index (κ1) is 21.5. The van der Waals surface area contributed by atoms with Gasteiger partial charge in [0, 0.05) is 44.0 Å². The zero-order valence-electron chi connectivity index (χ0n) is 18.7. The Morgan fingerprint density at radius 1 is 0.970 bits per heavy atom. The van der Waals surface area contributed by atoms with Gasteiger partial charge in [0.1, 0.15) is 22.8 Å². The zero-order chi connectivity index (χ0) is 22.9. The van der Waals surface area contributed by atoms with E-state index in [1.807, 2.05) is 12.1 Å². The van der Waals surface area contributed by atoms with Gasteiger partial charge in [-0.05, 0) is 56.1 Å². The Balaban J connectivity index is 1.48. The van der Waals surface area contributed by atoms with Crippen LogP contribution in [0.5, 0.6) is 0 Å². The second-order valence-electron chi connectivity index (χ2n) is 8.47. The Labute approximate surface area is 191 Å². The van der Waals surface area contributed by atoms with Crippen LogP contribution < -0.4 is 10.2 Å². The highest BCUT2D eigenvalue weighted by Gasteiger charge is 2.18. The minimum atomic E-state index is -0.631. The Hall–Kier alpha value is -3.36. The van der Waals surface area contributed by atoms with E-state index in [0.29, 0.717) is 28.8 Å². The Kier molecular flexibility index (Phi) is 5.78. The predicted molar refractivity (Wildman–Crippen MR) is 127 cm³/mol. The van der Waals surface area contributed by atoms with Crippen LogP contribution in [0.2, 0.25) is 0 Å². The van der Waals surface area contributed by atoms with Gasteiger partial charge in [-0.3, -0.25) is 5.10 Å². The number of aromatic nitrogens is 3. The maximum Gasteiger partial charge on any atom is 0.135 e. The van der Waals surface area contributed by atoms with E-state index < -0.39 is 11.6 Å².